The van der Waals surface area contributed by atoms with Gasteiger partial charge in [0.1, 0.15) is 12.3 Å². The van der Waals surface area contributed by atoms with E-state index < -0.39 is 5.91 Å². The quantitative estimate of drug-likeness (QED) is 0.635. The molecule has 0 bridgehead atoms. The predicted octanol–water partition coefficient (Wildman–Crippen LogP) is 1.03. The van der Waals surface area contributed by atoms with Gasteiger partial charge < -0.3 is 15.8 Å². The van der Waals surface area contributed by atoms with E-state index in [2.05, 4.69) is 15.5 Å². The summed E-state index contributed by atoms with van der Waals surface area (Å²) in [6.45, 7) is -0.279. The van der Waals surface area contributed by atoms with Crippen molar-refractivity contribution in [3.63, 3.8) is 0 Å². The maximum atomic E-state index is 12.5. The van der Waals surface area contributed by atoms with E-state index in [4.69, 9.17) is 10.5 Å². The lowest BCUT2D eigenvalue weighted by atomic mass is 10.2. The van der Waals surface area contributed by atoms with E-state index in [1.54, 1.807) is 42.5 Å². The van der Waals surface area contributed by atoms with Crippen LogP contribution in [-0.2, 0) is 9.59 Å². The van der Waals surface area contributed by atoms with Gasteiger partial charge in [0.05, 0.1) is 11.2 Å². The van der Waals surface area contributed by atoms with Gasteiger partial charge in [-0.05, 0) is 30.3 Å². The summed E-state index contributed by atoms with van der Waals surface area (Å²) in [7, 11) is 0. The Kier molecular flexibility index (Phi) is 3.96. The van der Waals surface area contributed by atoms with E-state index in [0.29, 0.717) is 28.0 Å². The lowest BCUT2D eigenvalue weighted by Gasteiger charge is -2.28. The molecule has 1 aliphatic rings. The monoisotopic (exact) mass is 365 g/mol. The second kappa shape index (κ2) is 6.45. The zero-order chi connectivity index (χ0) is 19.0. The number of hydrogen-bond acceptors (Lipinski definition) is 5. The number of primary amides is 1. The first-order valence-electron chi connectivity index (χ1n) is 8.13. The molecule has 4 rings (SSSR count). The molecule has 1 aromatic heterocycles. The lowest BCUT2D eigenvalue weighted by Crippen LogP contribution is -2.43. The van der Waals surface area contributed by atoms with Crippen LogP contribution in [0.2, 0.25) is 0 Å². The van der Waals surface area contributed by atoms with Crippen LogP contribution in [-0.4, -0.2) is 41.1 Å². The third kappa shape index (κ3) is 3.06. The van der Waals surface area contributed by atoms with Crippen LogP contribution < -0.4 is 20.7 Å². The summed E-state index contributed by atoms with van der Waals surface area (Å²) in [5.74, 6) is -0.801. The van der Waals surface area contributed by atoms with Crippen LogP contribution >= 0.6 is 0 Å². The smallest absolute Gasteiger partial charge is 0.269 e. The number of H-pyrrole nitrogens is 1. The molecule has 0 saturated carbocycles. The van der Waals surface area contributed by atoms with Crippen molar-refractivity contribution in [1.29, 1.82) is 0 Å². The maximum Gasteiger partial charge on any atom is 0.269 e. The topological polar surface area (TPSA) is 130 Å². The highest BCUT2D eigenvalue weighted by molar-refractivity contribution is 6.07. The molecular formula is C18H15N5O4. The van der Waals surface area contributed by atoms with Crippen LogP contribution in [0.25, 0.3) is 10.9 Å². The van der Waals surface area contributed by atoms with Crippen molar-refractivity contribution in [2.75, 3.05) is 23.4 Å². The molecule has 0 aliphatic carbocycles. The van der Waals surface area contributed by atoms with Crippen LogP contribution in [0.5, 0.6) is 5.75 Å². The molecule has 2 aromatic carbocycles. The number of aromatic amines is 1. The van der Waals surface area contributed by atoms with Crippen molar-refractivity contribution in [2.45, 2.75) is 0 Å². The zero-order valence-electron chi connectivity index (χ0n) is 14.1. The van der Waals surface area contributed by atoms with Gasteiger partial charge in [-0.3, -0.25) is 24.4 Å². The number of benzene rings is 2. The molecule has 0 fully saturated rings. The number of ether oxygens (including phenoxy) is 1. The van der Waals surface area contributed by atoms with E-state index in [-0.39, 0.29) is 30.7 Å². The first-order valence-corrected chi connectivity index (χ1v) is 8.13. The van der Waals surface area contributed by atoms with Gasteiger partial charge >= 0.3 is 0 Å². The number of hydrogen-bond donors (Lipinski definition) is 3. The molecule has 0 radical (unpaired) electrons. The molecule has 3 aromatic rings. The van der Waals surface area contributed by atoms with Gasteiger partial charge in [0.25, 0.3) is 11.8 Å². The summed E-state index contributed by atoms with van der Waals surface area (Å²) in [6.07, 6.45) is 0. The fourth-order valence-corrected chi connectivity index (χ4v) is 2.95. The number of para-hydroxylation sites is 2. The molecule has 2 heterocycles. The van der Waals surface area contributed by atoms with E-state index >= 15 is 0 Å². The third-order valence-electron chi connectivity index (χ3n) is 4.19. The van der Waals surface area contributed by atoms with E-state index in [9.17, 15) is 14.4 Å². The molecule has 9 heteroatoms. The van der Waals surface area contributed by atoms with Crippen LogP contribution in [0.15, 0.2) is 42.5 Å². The van der Waals surface area contributed by atoms with Crippen LogP contribution in [0.3, 0.4) is 0 Å². The zero-order valence-corrected chi connectivity index (χ0v) is 14.1. The molecule has 0 spiro atoms. The Bertz CT molecular complexity index is 1070. The van der Waals surface area contributed by atoms with Crippen LogP contribution in [0.4, 0.5) is 11.4 Å². The number of nitrogens with zero attached hydrogens (tertiary/aromatic N) is 2. The number of nitrogens with two attached hydrogens (primary N) is 1. The first kappa shape index (κ1) is 16.6. The van der Waals surface area contributed by atoms with Gasteiger partial charge in [0.15, 0.2) is 12.3 Å². The summed E-state index contributed by atoms with van der Waals surface area (Å²) >= 11 is 0. The summed E-state index contributed by atoms with van der Waals surface area (Å²) in [4.78, 5) is 37.4. The standard InChI is InChI=1S/C18H15N5O4/c19-18(26)17-11-7-10(5-6-12(11)21-22-17)20-15(24)8-23-13-3-1-2-4-14(13)27-9-16(23)25/h1-7H,8-9H2,(H2,19,26)(H,20,24)(H,21,22). The van der Waals surface area contributed by atoms with Gasteiger partial charge in [-0.15, -0.1) is 0 Å². The number of fused-ring (bicyclic) bond motifs is 2. The Morgan fingerprint density at radius 1 is 1.26 bits per heavy atom. The highest BCUT2D eigenvalue weighted by atomic mass is 16.5. The number of amides is 3. The number of anilines is 2. The van der Waals surface area contributed by atoms with Gasteiger partial charge in [-0.1, -0.05) is 12.1 Å². The second-order valence-corrected chi connectivity index (χ2v) is 5.98. The summed E-state index contributed by atoms with van der Waals surface area (Å²) in [5, 5.41) is 9.80. The van der Waals surface area contributed by atoms with Crippen molar-refractivity contribution in [2.24, 2.45) is 5.73 Å². The van der Waals surface area contributed by atoms with Crippen LogP contribution in [0, 0.1) is 0 Å². The molecular weight excluding hydrogens is 350 g/mol. The van der Waals surface area contributed by atoms with Crippen molar-refractivity contribution in [3.05, 3.63) is 48.2 Å². The normalized spacial score (nSPS) is 13.2. The lowest BCUT2D eigenvalue weighted by molar-refractivity contribution is -0.123. The van der Waals surface area contributed by atoms with Gasteiger partial charge in [0.2, 0.25) is 5.91 Å². The Morgan fingerprint density at radius 3 is 2.89 bits per heavy atom. The average Bonchev–Trinajstić information content (AvgIpc) is 3.07. The first-order chi connectivity index (χ1) is 13.0. The molecule has 27 heavy (non-hydrogen) atoms. The number of carbonyl (C=O) groups is 3. The van der Waals surface area contributed by atoms with Gasteiger partial charge in [-0.25, -0.2) is 0 Å². The van der Waals surface area contributed by atoms with E-state index in [0.717, 1.165) is 0 Å². The van der Waals surface area contributed by atoms with Gasteiger partial charge in [0, 0.05) is 11.1 Å². The number of rotatable bonds is 4. The molecule has 136 valence electrons. The number of nitrogens with one attached hydrogen (secondary N) is 2. The fraction of sp³-hybridized carbons (Fsp3) is 0.111. The second-order valence-electron chi connectivity index (χ2n) is 5.98. The Balaban J connectivity index is 1.55. The highest BCUT2D eigenvalue weighted by Crippen LogP contribution is 2.31. The van der Waals surface area contributed by atoms with Crippen molar-refractivity contribution in [3.8, 4) is 5.75 Å². The largest absolute Gasteiger partial charge is 0.482 e. The molecule has 3 amide bonds. The minimum Gasteiger partial charge on any atom is -0.482 e. The Hall–Kier alpha value is -3.88. The molecule has 0 atom stereocenters. The third-order valence-corrected chi connectivity index (χ3v) is 4.19. The van der Waals surface area contributed by atoms with Crippen LogP contribution in [0.1, 0.15) is 10.5 Å². The van der Waals surface area contributed by atoms with Crippen molar-refractivity contribution >= 4 is 40.0 Å². The molecule has 1 aliphatic heterocycles. The van der Waals surface area contributed by atoms with Crippen molar-refractivity contribution < 1.29 is 19.1 Å². The minimum atomic E-state index is -0.666. The molecule has 4 N–H and O–H groups in total. The Morgan fingerprint density at radius 2 is 2.07 bits per heavy atom. The predicted molar refractivity (Wildman–Crippen MR) is 97.5 cm³/mol. The Labute approximate surface area is 153 Å². The number of aromatic nitrogens is 2. The molecule has 0 saturated heterocycles. The number of carbonyl (C=O) groups excluding carboxylic acids is 3. The van der Waals surface area contributed by atoms with E-state index in [1.807, 2.05) is 0 Å². The maximum absolute atomic E-state index is 12.5. The molecule has 9 nitrogen and oxygen atoms in total. The molecule has 0 unspecified atom stereocenters. The summed E-state index contributed by atoms with van der Waals surface area (Å²) < 4.78 is 5.36. The summed E-state index contributed by atoms with van der Waals surface area (Å²) in [5.41, 5.74) is 7.02. The fourth-order valence-electron chi connectivity index (χ4n) is 2.95. The minimum absolute atomic E-state index is 0.0957. The van der Waals surface area contributed by atoms with Gasteiger partial charge in [-0.2, -0.15) is 5.10 Å². The van der Waals surface area contributed by atoms with Crippen molar-refractivity contribution in [1.82, 2.24) is 10.2 Å². The summed E-state index contributed by atoms with van der Waals surface area (Å²) in [6, 6.07) is 12.0. The van der Waals surface area contributed by atoms with E-state index in [1.165, 1.54) is 4.90 Å². The SMILES string of the molecule is NC(=O)c1n[nH]c2ccc(NC(=O)CN3C(=O)COc4ccccc43)cc12. The average molecular weight is 365 g/mol. The highest BCUT2D eigenvalue weighted by Gasteiger charge is 2.27.